The van der Waals surface area contributed by atoms with Gasteiger partial charge in [-0.25, -0.2) is 0 Å². The van der Waals surface area contributed by atoms with Crippen LogP contribution in [0.2, 0.25) is 0 Å². The highest BCUT2D eigenvalue weighted by atomic mass is 16.5. The number of rotatable bonds is 7. The Morgan fingerprint density at radius 1 is 1.33 bits per heavy atom. The number of nitrogens with one attached hydrogen (secondary N) is 2. The van der Waals surface area contributed by atoms with Crippen LogP contribution in [0.3, 0.4) is 0 Å². The van der Waals surface area contributed by atoms with Gasteiger partial charge >= 0.3 is 0 Å². The van der Waals surface area contributed by atoms with Gasteiger partial charge < -0.3 is 20.3 Å². The maximum absolute atomic E-state index is 5.52. The molecular formula is C17H29N3O. The van der Waals surface area contributed by atoms with E-state index in [2.05, 4.69) is 66.9 Å². The highest BCUT2D eigenvalue weighted by Crippen LogP contribution is 2.17. The van der Waals surface area contributed by atoms with Crippen LogP contribution in [-0.2, 0) is 4.74 Å². The molecule has 3 unspecified atom stereocenters. The molecule has 4 nitrogen and oxygen atoms in total. The van der Waals surface area contributed by atoms with Crippen molar-refractivity contribution in [1.82, 2.24) is 15.5 Å². The Kier molecular flexibility index (Phi) is 6.64. The number of ether oxygens (including phenoxy) is 1. The summed E-state index contributed by atoms with van der Waals surface area (Å²) in [5, 5.41) is 7.19. The summed E-state index contributed by atoms with van der Waals surface area (Å²) in [7, 11) is 4.28. The zero-order valence-electron chi connectivity index (χ0n) is 13.5. The van der Waals surface area contributed by atoms with Gasteiger partial charge in [-0.1, -0.05) is 30.3 Å². The average molecular weight is 291 g/mol. The minimum Gasteiger partial charge on any atom is -0.379 e. The van der Waals surface area contributed by atoms with Crippen molar-refractivity contribution in [3.8, 4) is 0 Å². The van der Waals surface area contributed by atoms with Gasteiger partial charge in [0, 0.05) is 31.2 Å². The minimum absolute atomic E-state index is 0.407. The summed E-state index contributed by atoms with van der Waals surface area (Å²) in [6.45, 7) is 5.87. The number of likely N-dealkylation sites (N-methyl/N-ethyl adjacent to an activating group) is 1. The Morgan fingerprint density at radius 3 is 2.71 bits per heavy atom. The summed E-state index contributed by atoms with van der Waals surface area (Å²) in [6.07, 6.45) is 1.11. The fourth-order valence-electron chi connectivity index (χ4n) is 2.87. The molecule has 1 aromatic carbocycles. The van der Waals surface area contributed by atoms with E-state index < -0.39 is 0 Å². The van der Waals surface area contributed by atoms with E-state index >= 15 is 0 Å². The Labute approximate surface area is 128 Å². The van der Waals surface area contributed by atoms with E-state index in [1.165, 1.54) is 5.56 Å². The number of nitrogens with zero attached hydrogens (tertiary/aromatic N) is 1. The van der Waals surface area contributed by atoms with Gasteiger partial charge in [0.1, 0.15) is 0 Å². The van der Waals surface area contributed by atoms with E-state index in [9.17, 15) is 0 Å². The molecule has 3 atom stereocenters. The molecule has 0 aromatic heterocycles. The van der Waals surface area contributed by atoms with Gasteiger partial charge in [-0.3, -0.25) is 0 Å². The molecule has 2 N–H and O–H groups in total. The SMILES string of the molecule is CC(CC1COCCN1)NCC(c1ccccc1)N(C)C. The van der Waals surface area contributed by atoms with E-state index in [1.807, 2.05) is 0 Å². The molecule has 118 valence electrons. The Balaban J connectivity index is 1.81. The van der Waals surface area contributed by atoms with Gasteiger partial charge in [0.2, 0.25) is 0 Å². The number of hydrogen-bond acceptors (Lipinski definition) is 4. The quantitative estimate of drug-likeness (QED) is 0.801. The summed E-state index contributed by atoms with van der Waals surface area (Å²) < 4.78 is 5.52. The lowest BCUT2D eigenvalue weighted by molar-refractivity contribution is 0.0709. The van der Waals surface area contributed by atoms with Gasteiger partial charge in [-0.15, -0.1) is 0 Å². The highest BCUT2D eigenvalue weighted by molar-refractivity contribution is 5.19. The maximum Gasteiger partial charge on any atom is 0.0620 e. The lowest BCUT2D eigenvalue weighted by atomic mass is 10.0. The predicted molar refractivity (Wildman–Crippen MR) is 87.6 cm³/mol. The second kappa shape index (κ2) is 8.49. The Morgan fingerprint density at radius 2 is 2.10 bits per heavy atom. The van der Waals surface area contributed by atoms with Crippen LogP contribution in [0.15, 0.2) is 30.3 Å². The molecule has 1 aliphatic rings. The first-order valence-corrected chi connectivity index (χ1v) is 7.92. The Bertz CT molecular complexity index is 390. The molecule has 1 fully saturated rings. The molecule has 0 amide bonds. The molecule has 0 saturated carbocycles. The molecule has 2 rings (SSSR count). The second-order valence-electron chi connectivity index (χ2n) is 6.16. The first-order valence-electron chi connectivity index (χ1n) is 7.92. The largest absolute Gasteiger partial charge is 0.379 e. The van der Waals surface area contributed by atoms with Gasteiger partial charge in [0.05, 0.1) is 13.2 Å². The van der Waals surface area contributed by atoms with Crippen molar-refractivity contribution in [3.63, 3.8) is 0 Å². The van der Waals surface area contributed by atoms with Crippen molar-refractivity contribution in [1.29, 1.82) is 0 Å². The summed E-state index contributed by atoms with van der Waals surface area (Å²) in [4.78, 5) is 2.27. The molecule has 0 radical (unpaired) electrons. The Hall–Kier alpha value is -0.940. The van der Waals surface area contributed by atoms with Crippen LogP contribution < -0.4 is 10.6 Å². The standard InChI is InChI=1S/C17H29N3O/c1-14(11-16-13-21-10-9-18-16)19-12-17(20(2)3)15-7-5-4-6-8-15/h4-8,14,16-19H,9-13H2,1-3H3. The normalized spacial score (nSPS) is 22.2. The van der Waals surface area contributed by atoms with Crippen molar-refractivity contribution in [2.45, 2.75) is 31.5 Å². The van der Waals surface area contributed by atoms with Crippen molar-refractivity contribution in [2.75, 3.05) is 40.4 Å². The topological polar surface area (TPSA) is 36.5 Å². The molecule has 4 heteroatoms. The van der Waals surface area contributed by atoms with E-state index in [0.717, 1.165) is 32.7 Å². The molecule has 0 aliphatic carbocycles. The summed E-state index contributed by atoms with van der Waals surface area (Å²) in [5.74, 6) is 0. The van der Waals surface area contributed by atoms with Gasteiger partial charge in [0.15, 0.2) is 0 Å². The fraction of sp³-hybridized carbons (Fsp3) is 0.647. The lowest BCUT2D eigenvalue weighted by Gasteiger charge is -2.29. The number of benzene rings is 1. The highest BCUT2D eigenvalue weighted by Gasteiger charge is 2.18. The smallest absolute Gasteiger partial charge is 0.0620 e. The van der Waals surface area contributed by atoms with Gasteiger partial charge in [-0.2, -0.15) is 0 Å². The summed E-state index contributed by atoms with van der Waals surface area (Å²) in [6, 6.07) is 12.1. The molecule has 1 heterocycles. The van der Waals surface area contributed by atoms with Crippen LogP contribution in [0, 0.1) is 0 Å². The number of hydrogen-bond donors (Lipinski definition) is 2. The predicted octanol–water partition coefficient (Wildman–Crippen LogP) is 1.65. The zero-order chi connectivity index (χ0) is 15.1. The van der Waals surface area contributed by atoms with Crippen molar-refractivity contribution >= 4 is 0 Å². The average Bonchev–Trinajstić information content (AvgIpc) is 2.49. The molecule has 21 heavy (non-hydrogen) atoms. The van der Waals surface area contributed by atoms with Gasteiger partial charge in [0.25, 0.3) is 0 Å². The van der Waals surface area contributed by atoms with E-state index in [0.29, 0.717) is 18.1 Å². The molecular weight excluding hydrogens is 262 g/mol. The number of morpholine rings is 1. The molecule has 1 saturated heterocycles. The fourth-order valence-corrected chi connectivity index (χ4v) is 2.87. The van der Waals surface area contributed by atoms with E-state index in [4.69, 9.17) is 4.74 Å². The molecule has 1 aromatic rings. The minimum atomic E-state index is 0.407. The zero-order valence-corrected chi connectivity index (χ0v) is 13.5. The monoisotopic (exact) mass is 291 g/mol. The third-order valence-electron chi connectivity index (χ3n) is 4.10. The molecule has 0 spiro atoms. The molecule has 0 bridgehead atoms. The van der Waals surface area contributed by atoms with Crippen molar-refractivity contribution in [3.05, 3.63) is 35.9 Å². The van der Waals surface area contributed by atoms with Crippen LogP contribution in [0.25, 0.3) is 0 Å². The third kappa shape index (κ3) is 5.40. The molecule has 1 aliphatic heterocycles. The summed E-state index contributed by atoms with van der Waals surface area (Å²) in [5.41, 5.74) is 1.36. The van der Waals surface area contributed by atoms with Crippen molar-refractivity contribution in [2.24, 2.45) is 0 Å². The third-order valence-corrected chi connectivity index (χ3v) is 4.10. The van der Waals surface area contributed by atoms with Crippen LogP contribution in [0.1, 0.15) is 24.9 Å². The van der Waals surface area contributed by atoms with E-state index in [-0.39, 0.29) is 0 Å². The van der Waals surface area contributed by atoms with Crippen LogP contribution in [0.5, 0.6) is 0 Å². The summed E-state index contributed by atoms with van der Waals surface area (Å²) >= 11 is 0. The van der Waals surface area contributed by atoms with Crippen LogP contribution in [0.4, 0.5) is 0 Å². The first-order chi connectivity index (χ1) is 10.2. The first kappa shape index (κ1) is 16.4. The van der Waals surface area contributed by atoms with Crippen LogP contribution >= 0.6 is 0 Å². The van der Waals surface area contributed by atoms with Gasteiger partial charge in [-0.05, 0) is 33.0 Å². The van der Waals surface area contributed by atoms with Crippen LogP contribution in [-0.4, -0.2) is 57.4 Å². The second-order valence-corrected chi connectivity index (χ2v) is 6.16. The van der Waals surface area contributed by atoms with Crippen molar-refractivity contribution < 1.29 is 4.74 Å². The maximum atomic E-state index is 5.52. The lowest BCUT2D eigenvalue weighted by Crippen LogP contribution is -2.46. The van der Waals surface area contributed by atoms with E-state index in [1.54, 1.807) is 0 Å².